The third-order valence-corrected chi connectivity index (χ3v) is 8.45. The second-order valence-electron chi connectivity index (χ2n) is 10.8. The number of aromatic nitrogens is 1. The van der Waals surface area contributed by atoms with Gasteiger partial charge in [0.25, 0.3) is 5.69 Å². The van der Waals surface area contributed by atoms with Crippen LogP contribution in [0.15, 0.2) is 91.0 Å². The van der Waals surface area contributed by atoms with E-state index in [4.69, 9.17) is 4.74 Å². The van der Waals surface area contributed by atoms with Crippen LogP contribution in [0.4, 0.5) is 11.4 Å². The number of nitro benzene ring substituents is 1. The lowest BCUT2D eigenvalue weighted by Gasteiger charge is -2.48. The van der Waals surface area contributed by atoms with Crippen LogP contribution in [-0.4, -0.2) is 15.2 Å². The molecule has 7 rings (SSSR count). The number of para-hydroxylation sites is 2. The van der Waals surface area contributed by atoms with Gasteiger partial charge >= 0.3 is 0 Å². The quantitative estimate of drug-likeness (QED) is 0.192. The Morgan fingerprint density at radius 3 is 2.53 bits per heavy atom. The highest BCUT2D eigenvalue weighted by atomic mass is 16.6. The van der Waals surface area contributed by atoms with E-state index in [2.05, 4.69) is 103 Å². The Morgan fingerprint density at radius 1 is 0.921 bits per heavy atom. The van der Waals surface area contributed by atoms with E-state index in [1.54, 1.807) is 12.1 Å². The molecule has 0 amide bonds. The Kier molecular flexibility index (Phi) is 4.59. The Labute approximate surface area is 220 Å². The molecule has 0 saturated heterocycles. The zero-order chi connectivity index (χ0) is 26.2. The minimum atomic E-state index is -0.798. The van der Waals surface area contributed by atoms with Crippen LogP contribution >= 0.6 is 0 Å². The third kappa shape index (κ3) is 2.94. The third-order valence-electron chi connectivity index (χ3n) is 8.45. The van der Waals surface area contributed by atoms with Gasteiger partial charge in [-0.1, -0.05) is 48.5 Å². The number of ether oxygens (including phenoxy) is 1. The molecule has 1 atom stereocenters. The highest BCUT2D eigenvalue weighted by Gasteiger charge is 2.59. The number of non-ortho nitro benzene ring substituents is 1. The van der Waals surface area contributed by atoms with Crippen LogP contribution < -0.4 is 9.64 Å². The average molecular weight is 502 g/mol. The van der Waals surface area contributed by atoms with Crippen molar-refractivity contribution in [1.82, 2.24) is 4.57 Å². The lowest BCUT2D eigenvalue weighted by Crippen LogP contribution is -2.60. The van der Waals surface area contributed by atoms with E-state index >= 15 is 0 Å². The van der Waals surface area contributed by atoms with Crippen LogP contribution in [0.3, 0.4) is 0 Å². The maximum Gasteiger partial charge on any atom is 0.270 e. The van der Waals surface area contributed by atoms with Crippen molar-refractivity contribution in [2.24, 2.45) is 7.05 Å². The molecule has 188 valence electrons. The van der Waals surface area contributed by atoms with Crippen LogP contribution in [0.5, 0.6) is 5.75 Å². The summed E-state index contributed by atoms with van der Waals surface area (Å²) in [5.41, 5.74) is 5.48. The smallest absolute Gasteiger partial charge is 0.270 e. The first kappa shape index (κ1) is 22.6. The first-order chi connectivity index (χ1) is 18.3. The summed E-state index contributed by atoms with van der Waals surface area (Å²) in [7, 11) is 2.10. The van der Waals surface area contributed by atoms with E-state index in [1.807, 2.05) is 6.07 Å². The minimum absolute atomic E-state index is 0.0746. The summed E-state index contributed by atoms with van der Waals surface area (Å²) in [6, 6.07) is 28.3. The van der Waals surface area contributed by atoms with Crippen LogP contribution in [0.25, 0.3) is 27.9 Å². The van der Waals surface area contributed by atoms with Crippen LogP contribution in [0.1, 0.15) is 30.5 Å². The molecular weight excluding hydrogens is 474 g/mol. The van der Waals surface area contributed by atoms with Crippen molar-refractivity contribution in [2.75, 3.05) is 4.90 Å². The zero-order valence-corrected chi connectivity index (χ0v) is 21.5. The molecule has 0 bridgehead atoms. The fourth-order valence-corrected chi connectivity index (χ4v) is 6.40. The van der Waals surface area contributed by atoms with E-state index in [1.165, 1.54) is 33.4 Å². The highest BCUT2D eigenvalue weighted by molar-refractivity contribution is 6.08. The summed E-state index contributed by atoms with van der Waals surface area (Å²) in [6.45, 7) is 4.94. The van der Waals surface area contributed by atoms with Gasteiger partial charge in [0.2, 0.25) is 5.72 Å². The second kappa shape index (κ2) is 7.71. The van der Waals surface area contributed by atoms with E-state index in [9.17, 15) is 10.1 Å². The Morgan fingerprint density at radius 2 is 1.68 bits per heavy atom. The van der Waals surface area contributed by atoms with Crippen LogP contribution in [0.2, 0.25) is 0 Å². The number of aryl methyl sites for hydroxylation is 1. The summed E-state index contributed by atoms with van der Waals surface area (Å²) in [5, 5.41) is 13.9. The van der Waals surface area contributed by atoms with Gasteiger partial charge in [-0.2, -0.15) is 0 Å². The van der Waals surface area contributed by atoms with Gasteiger partial charge in [0.05, 0.1) is 16.9 Å². The summed E-state index contributed by atoms with van der Waals surface area (Å²) >= 11 is 0. The molecule has 0 radical (unpaired) electrons. The van der Waals surface area contributed by atoms with Crippen LogP contribution in [0, 0.1) is 10.1 Å². The number of anilines is 1. The predicted molar refractivity (Wildman–Crippen MR) is 152 cm³/mol. The maximum atomic E-state index is 11.5. The number of rotatable bonds is 3. The molecule has 6 heteroatoms. The molecule has 3 heterocycles. The van der Waals surface area contributed by atoms with Gasteiger partial charge in [-0.3, -0.25) is 10.1 Å². The first-order valence-electron chi connectivity index (χ1n) is 12.8. The highest BCUT2D eigenvalue weighted by Crippen LogP contribution is 2.56. The predicted octanol–water partition coefficient (Wildman–Crippen LogP) is 7.34. The molecule has 38 heavy (non-hydrogen) atoms. The van der Waals surface area contributed by atoms with Crippen molar-refractivity contribution < 1.29 is 9.66 Å². The fourth-order valence-electron chi connectivity index (χ4n) is 6.40. The van der Waals surface area contributed by atoms with E-state index in [0.717, 1.165) is 16.8 Å². The summed E-state index contributed by atoms with van der Waals surface area (Å²) in [4.78, 5) is 13.4. The Hall–Kier alpha value is -4.58. The first-order valence-corrected chi connectivity index (χ1v) is 12.8. The second-order valence-corrected chi connectivity index (χ2v) is 10.8. The van der Waals surface area contributed by atoms with Gasteiger partial charge in [-0.25, -0.2) is 0 Å². The van der Waals surface area contributed by atoms with Crippen molar-refractivity contribution >= 4 is 39.3 Å². The lowest BCUT2D eigenvalue weighted by molar-refractivity contribution is -0.385. The monoisotopic (exact) mass is 501 g/mol. The van der Waals surface area contributed by atoms with E-state index in [-0.39, 0.29) is 16.0 Å². The number of benzene rings is 4. The maximum absolute atomic E-state index is 11.5. The molecule has 5 aromatic rings. The molecule has 1 aromatic heterocycles. The lowest BCUT2D eigenvalue weighted by atomic mass is 9.76. The molecule has 1 unspecified atom stereocenters. The van der Waals surface area contributed by atoms with Crippen molar-refractivity contribution in [2.45, 2.75) is 31.5 Å². The van der Waals surface area contributed by atoms with Crippen LogP contribution in [-0.2, 0) is 19.0 Å². The van der Waals surface area contributed by atoms with Crippen molar-refractivity contribution in [1.29, 1.82) is 0 Å². The molecule has 0 saturated carbocycles. The van der Waals surface area contributed by atoms with Crippen molar-refractivity contribution in [3.63, 3.8) is 0 Å². The number of nitro groups is 1. The number of nitrogens with zero attached hydrogens (tertiary/aromatic N) is 3. The van der Waals surface area contributed by atoms with Gasteiger partial charge in [0, 0.05) is 52.2 Å². The number of hydrogen-bond donors (Lipinski definition) is 0. The zero-order valence-electron chi connectivity index (χ0n) is 21.5. The Balaban J connectivity index is 1.38. The standard InChI is InChI=1S/C32H27N3O3/c1-31(2)26-9-5-7-11-29(26)34-20-22-19-23(35(36)37)13-15-30(22)38-32(31,34)17-16-21-12-14-28-25(18-21)24-8-4-6-10-27(24)33(28)3/h4-19H,20H2,1-3H3/b17-16+. The number of fused-ring (bicyclic) bond motifs is 7. The molecule has 2 aliphatic rings. The van der Waals surface area contributed by atoms with E-state index < -0.39 is 5.72 Å². The minimum Gasteiger partial charge on any atom is -0.463 e. The molecule has 2 aliphatic heterocycles. The molecule has 0 aliphatic carbocycles. The van der Waals surface area contributed by atoms with Gasteiger partial charge < -0.3 is 14.2 Å². The summed E-state index contributed by atoms with van der Waals surface area (Å²) in [5.74, 6) is 0.682. The Bertz CT molecular complexity index is 1820. The van der Waals surface area contributed by atoms with Gasteiger partial charge in [-0.15, -0.1) is 0 Å². The van der Waals surface area contributed by atoms with Gasteiger partial charge in [0.1, 0.15) is 5.75 Å². The summed E-state index contributed by atoms with van der Waals surface area (Å²) < 4.78 is 9.10. The topological polar surface area (TPSA) is 60.5 Å². The number of hydrogen-bond acceptors (Lipinski definition) is 4. The van der Waals surface area contributed by atoms with Crippen molar-refractivity contribution in [3.05, 3.63) is 118 Å². The SMILES string of the molecule is Cn1c2ccccc2c2cc(/C=C/C34Oc5ccc([N+](=O)[O-])cc5CN3c3ccccc3C4(C)C)ccc21. The molecule has 6 nitrogen and oxygen atoms in total. The molecule has 0 spiro atoms. The average Bonchev–Trinajstić information content (AvgIpc) is 3.32. The molecule has 0 fully saturated rings. The normalized spacial score (nSPS) is 19.4. The summed E-state index contributed by atoms with van der Waals surface area (Å²) in [6.07, 6.45) is 4.32. The van der Waals surface area contributed by atoms with E-state index in [0.29, 0.717) is 12.3 Å². The fraction of sp³-hybridized carbons (Fsp3) is 0.188. The molecule has 0 N–H and O–H groups in total. The largest absolute Gasteiger partial charge is 0.463 e. The molecule has 4 aromatic carbocycles. The van der Waals surface area contributed by atoms with Crippen molar-refractivity contribution in [3.8, 4) is 5.75 Å². The molecular formula is C32H27N3O3. The van der Waals surface area contributed by atoms with Gasteiger partial charge in [0.15, 0.2) is 0 Å². The van der Waals surface area contributed by atoms with Gasteiger partial charge in [-0.05, 0) is 61.4 Å².